The van der Waals surface area contributed by atoms with Gasteiger partial charge in [-0.1, -0.05) is 56.3 Å². The fourth-order valence-electron chi connectivity index (χ4n) is 8.46. The van der Waals surface area contributed by atoms with E-state index in [0.29, 0.717) is 10.8 Å². The molecular weight excluding hydrogens is 380 g/mol. The van der Waals surface area contributed by atoms with Gasteiger partial charge in [-0.25, -0.2) is 0 Å². The molecule has 0 aromatic carbocycles. The molecule has 4 aliphatic carbocycles. The van der Waals surface area contributed by atoms with E-state index in [1.807, 2.05) is 13.8 Å². The molecule has 4 aliphatic rings. The molecule has 0 bridgehead atoms. The quantitative estimate of drug-likeness (QED) is 0.507. The van der Waals surface area contributed by atoms with Crippen molar-refractivity contribution in [2.75, 3.05) is 0 Å². The van der Waals surface area contributed by atoms with Crippen LogP contribution in [0.15, 0.2) is 23.8 Å². The minimum Gasteiger partial charge on any atom is -0.343 e. The van der Waals surface area contributed by atoms with E-state index < -0.39 is 6.04 Å². The first-order chi connectivity index (χ1) is 14.6. The monoisotopic (exact) mass is 423 g/mol. The summed E-state index contributed by atoms with van der Waals surface area (Å²) in [7, 11) is 0. The molecular formula is C28H43N2O+. The number of amides is 1. The van der Waals surface area contributed by atoms with Crippen LogP contribution in [-0.4, -0.2) is 18.0 Å². The Balaban J connectivity index is 1.51. The summed E-state index contributed by atoms with van der Waals surface area (Å²) in [5.41, 5.74) is 3.79. The van der Waals surface area contributed by atoms with Crippen LogP contribution in [0.3, 0.4) is 0 Å². The second-order valence-electron chi connectivity index (χ2n) is 12.0. The Labute approximate surface area is 190 Å². The third kappa shape index (κ3) is 3.59. The third-order valence-electron chi connectivity index (χ3n) is 10.1. The number of carbonyl (C=O) groups is 1. The van der Waals surface area contributed by atoms with Crippen LogP contribution in [0.1, 0.15) is 86.0 Å². The number of hydrogen-bond acceptors (Lipinski definition) is 1. The highest BCUT2D eigenvalue weighted by Crippen LogP contribution is 2.67. The Morgan fingerprint density at radius 1 is 1.16 bits per heavy atom. The Morgan fingerprint density at radius 2 is 1.90 bits per heavy atom. The van der Waals surface area contributed by atoms with Gasteiger partial charge in [-0.2, -0.15) is 0 Å². The summed E-state index contributed by atoms with van der Waals surface area (Å²) < 4.78 is 0. The van der Waals surface area contributed by atoms with Crippen molar-refractivity contribution >= 4 is 5.91 Å². The Hall–Kier alpha value is -1.56. The molecule has 3 saturated carbocycles. The van der Waals surface area contributed by atoms with Gasteiger partial charge in [0, 0.05) is 12.0 Å². The van der Waals surface area contributed by atoms with Gasteiger partial charge in [0.2, 0.25) is 0 Å². The molecule has 170 valence electrons. The smallest absolute Gasteiger partial charge is 0.343 e. The number of carbonyl (C=O) groups excluding carboxylic acids is 1. The van der Waals surface area contributed by atoms with Crippen LogP contribution in [0.4, 0.5) is 0 Å². The summed E-state index contributed by atoms with van der Waals surface area (Å²) in [6.45, 7) is 21.2. The molecule has 0 aromatic heterocycles. The number of nitrogens with one attached hydrogen (secondary N) is 1. The van der Waals surface area contributed by atoms with Gasteiger partial charge in [-0.05, 0) is 92.8 Å². The fourth-order valence-corrected chi connectivity index (χ4v) is 8.46. The van der Waals surface area contributed by atoms with E-state index in [-0.39, 0.29) is 17.9 Å². The van der Waals surface area contributed by atoms with Crippen molar-refractivity contribution in [1.82, 2.24) is 5.32 Å². The average molecular weight is 424 g/mol. The van der Waals surface area contributed by atoms with E-state index in [4.69, 9.17) is 6.57 Å². The molecule has 8 unspecified atom stereocenters. The minimum atomic E-state index is -0.456. The van der Waals surface area contributed by atoms with Crippen LogP contribution in [0.25, 0.3) is 4.85 Å². The third-order valence-corrected chi connectivity index (χ3v) is 10.1. The highest BCUT2D eigenvalue weighted by molar-refractivity contribution is 5.84. The molecule has 3 fully saturated rings. The van der Waals surface area contributed by atoms with Crippen LogP contribution in [-0.2, 0) is 4.79 Å². The number of hydrogen-bond donors (Lipinski definition) is 1. The first-order valence-corrected chi connectivity index (χ1v) is 12.7. The lowest BCUT2D eigenvalue weighted by Crippen LogP contribution is -2.52. The van der Waals surface area contributed by atoms with Gasteiger partial charge in [0.15, 0.2) is 0 Å². The Morgan fingerprint density at radius 3 is 2.55 bits per heavy atom. The van der Waals surface area contributed by atoms with E-state index >= 15 is 0 Å². The molecule has 3 nitrogen and oxygen atoms in total. The maximum atomic E-state index is 12.7. The van der Waals surface area contributed by atoms with Gasteiger partial charge in [0.25, 0.3) is 6.57 Å². The van der Waals surface area contributed by atoms with Crippen molar-refractivity contribution in [3.63, 3.8) is 0 Å². The molecule has 0 aliphatic heterocycles. The molecule has 0 heterocycles. The number of allylic oxidation sites excluding steroid dienone is 2. The SMILES string of the molecule is C#[N+]C(C(=O)NC1C=C2CCC3C(CCC4(C)C(C(=C)C)CCC34)C2(C)CC1)C(C)C. The van der Waals surface area contributed by atoms with E-state index in [1.54, 1.807) is 5.57 Å². The average Bonchev–Trinajstić information content (AvgIpc) is 3.06. The predicted octanol–water partition coefficient (Wildman–Crippen LogP) is 6.61. The highest BCUT2D eigenvalue weighted by atomic mass is 16.2. The van der Waals surface area contributed by atoms with Gasteiger partial charge in [0.1, 0.15) is 0 Å². The minimum absolute atomic E-state index is 0.0261. The van der Waals surface area contributed by atoms with E-state index in [2.05, 4.69) is 43.6 Å². The lowest BCUT2D eigenvalue weighted by molar-refractivity contribution is -0.122. The molecule has 4 rings (SSSR count). The van der Waals surface area contributed by atoms with Crippen LogP contribution >= 0.6 is 0 Å². The maximum absolute atomic E-state index is 12.7. The van der Waals surface area contributed by atoms with Crippen LogP contribution in [0, 0.1) is 47.0 Å². The topological polar surface area (TPSA) is 33.5 Å². The molecule has 0 spiro atoms. The molecule has 8 atom stereocenters. The summed E-state index contributed by atoms with van der Waals surface area (Å²) in [6.07, 6.45) is 12.6. The Bertz CT molecular complexity index is 819. The molecule has 3 heteroatoms. The standard InChI is InChI=1S/C28H42N2O/c1-17(2)22-10-11-23-21-9-8-19-16-20(30-26(31)25(29-7)18(3)4)12-14-27(19,5)24(21)13-15-28(22,23)6/h7,16,18,20-25H,1,8-15H2,2-6H3/p+1. The zero-order chi connectivity index (χ0) is 22.6. The molecule has 1 N–H and O–H groups in total. The summed E-state index contributed by atoms with van der Waals surface area (Å²) in [6, 6.07) is -0.328. The summed E-state index contributed by atoms with van der Waals surface area (Å²) >= 11 is 0. The van der Waals surface area contributed by atoms with Gasteiger partial charge in [0.05, 0.1) is 0 Å². The van der Waals surface area contributed by atoms with Crippen molar-refractivity contribution < 1.29 is 4.79 Å². The van der Waals surface area contributed by atoms with Crippen LogP contribution < -0.4 is 5.32 Å². The van der Waals surface area contributed by atoms with E-state index in [9.17, 15) is 4.79 Å². The number of fused-ring (bicyclic) bond motifs is 5. The van der Waals surface area contributed by atoms with Gasteiger partial charge in [-0.3, -0.25) is 4.79 Å². The van der Waals surface area contributed by atoms with Gasteiger partial charge >= 0.3 is 11.9 Å². The molecule has 0 radical (unpaired) electrons. The van der Waals surface area contributed by atoms with Crippen molar-refractivity contribution in [2.45, 2.75) is 98.1 Å². The first kappa shape index (κ1) is 22.6. The summed E-state index contributed by atoms with van der Waals surface area (Å²) in [5.74, 6) is 3.33. The Kier molecular flexibility index (Phi) is 5.91. The number of rotatable bonds is 4. The van der Waals surface area contributed by atoms with E-state index in [0.717, 1.165) is 30.1 Å². The fraction of sp³-hybridized carbons (Fsp3) is 0.786. The van der Waals surface area contributed by atoms with Crippen molar-refractivity contribution in [1.29, 1.82) is 0 Å². The maximum Gasteiger partial charge on any atom is 0.350 e. The summed E-state index contributed by atoms with van der Waals surface area (Å²) in [5, 5.41) is 3.24. The van der Waals surface area contributed by atoms with E-state index in [1.165, 1.54) is 50.5 Å². The molecule has 1 amide bonds. The zero-order valence-corrected chi connectivity index (χ0v) is 20.4. The second kappa shape index (κ2) is 8.09. The highest BCUT2D eigenvalue weighted by Gasteiger charge is 2.58. The molecule has 31 heavy (non-hydrogen) atoms. The lowest BCUT2D eigenvalue weighted by atomic mass is 9.46. The first-order valence-electron chi connectivity index (χ1n) is 12.7. The molecule has 0 saturated heterocycles. The second-order valence-corrected chi connectivity index (χ2v) is 12.0. The summed E-state index contributed by atoms with van der Waals surface area (Å²) in [4.78, 5) is 16.5. The zero-order valence-electron chi connectivity index (χ0n) is 20.4. The van der Waals surface area contributed by atoms with Crippen LogP contribution in [0.5, 0.6) is 0 Å². The molecule has 0 aromatic rings. The lowest BCUT2D eigenvalue weighted by Gasteiger charge is -2.58. The van der Waals surface area contributed by atoms with Crippen molar-refractivity contribution in [3.05, 3.63) is 28.6 Å². The largest absolute Gasteiger partial charge is 0.350 e. The van der Waals surface area contributed by atoms with Gasteiger partial charge < -0.3 is 5.32 Å². The van der Waals surface area contributed by atoms with Crippen molar-refractivity contribution in [2.24, 2.45) is 40.4 Å². The van der Waals surface area contributed by atoms with Crippen molar-refractivity contribution in [3.8, 4) is 6.57 Å². The predicted molar refractivity (Wildman–Crippen MR) is 129 cm³/mol. The number of nitrogens with zero attached hydrogens (tertiary/aromatic N) is 1. The van der Waals surface area contributed by atoms with Crippen LogP contribution in [0.2, 0.25) is 0 Å². The normalized spacial score (nSPS) is 42.5. The van der Waals surface area contributed by atoms with Gasteiger partial charge in [-0.15, -0.1) is 0 Å².